The molecular weight excluding hydrogens is 234 g/mol. The SMILES string of the molecule is CN(Cc1ccnc(Cl)c1)Cc1ccccn1. The van der Waals surface area contributed by atoms with Crippen LogP contribution in [0.3, 0.4) is 0 Å². The van der Waals surface area contributed by atoms with Crippen LogP contribution in [0.5, 0.6) is 0 Å². The van der Waals surface area contributed by atoms with Gasteiger partial charge in [0.25, 0.3) is 0 Å². The fourth-order valence-corrected chi connectivity index (χ4v) is 1.87. The molecule has 0 saturated heterocycles. The van der Waals surface area contributed by atoms with E-state index in [9.17, 15) is 0 Å². The van der Waals surface area contributed by atoms with Gasteiger partial charge in [0.1, 0.15) is 5.15 Å². The molecule has 0 aliphatic heterocycles. The van der Waals surface area contributed by atoms with Gasteiger partial charge in [0.2, 0.25) is 0 Å². The number of hydrogen-bond acceptors (Lipinski definition) is 3. The van der Waals surface area contributed by atoms with E-state index in [-0.39, 0.29) is 0 Å². The van der Waals surface area contributed by atoms with Gasteiger partial charge >= 0.3 is 0 Å². The Morgan fingerprint density at radius 1 is 1.12 bits per heavy atom. The van der Waals surface area contributed by atoms with E-state index in [1.165, 1.54) is 0 Å². The van der Waals surface area contributed by atoms with Gasteiger partial charge in [0.05, 0.1) is 5.69 Å². The second-order valence-corrected chi connectivity index (χ2v) is 4.37. The first kappa shape index (κ1) is 12.0. The van der Waals surface area contributed by atoms with Crippen molar-refractivity contribution in [1.82, 2.24) is 14.9 Å². The van der Waals surface area contributed by atoms with Crippen molar-refractivity contribution in [2.45, 2.75) is 13.1 Å². The highest BCUT2D eigenvalue weighted by atomic mass is 35.5. The first-order valence-corrected chi connectivity index (χ1v) is 5.81. The van der Waals surface area contributed by atoms with Crippen LogP contribution in [0.2, 0.25) is 5.15 Å². The number of rotatable bonds is 4. The fourth-order valence-electron chi connectivity index (χ4n) is 1.68. The average Bonchev–Trinajstić information content (AvgIpc) is 2.30. The largest absolute Gasteiger partial charge is 0.296 e. The molecule has 0 amide bonds. The summed E-state index contributed by atoms with van der Waals surface area (Å²) in [5, 5.41) is 0.536. The van der Waals surface area contributed by atoms with Gasteiger partial charge < -0.3 is 0 Å². The molecule has 3 nitrogen and oxygen atoms in total. The molecule has 0 spiro atoms. The third-order valence-electron chi connectivity index (χ3n) is 2.40. The molecule has 88 valence electrons. The van der Waals surface area contributed by atoms with Crippen LogP contribution in [0.4, 0.5) is 0 Å². The Balaban J connectivity index is 1.96. The zero-order chi connectivity index (χ0) is 12.1. The minimum Gasteiger partial charge on any atom is -0.296 e. The molecule has 0 aromatic carbocycles. The van der Waals surface area contributed by atoms with Gasteiger partial charge in [-0.1, -0.05) is 17.7 Å². The first-order chi connectivity index (χ1) is 8.24. The molecule has 0 aliphatic carbocycles. The molecule has 0 atom stereocenters. The van der Waals surface area contributed by atoms with E-state index in [0.29, 0.717) is 5.15 Å². The molecule has 0 N–H and O–H groups in total. The van der Waals surface area contributed by atoms with Crippen LogP contribution >= 0.6 is 11.6 Å². The number of pyridine rings is 2. The predicted octanol–water partition coefficient (Wildman–Crippen LogP) is 2.76. The molecule has 2 aromatic heterocycles. The maximum absolute atomic E-state index is 5.85. The molecule has 17 heavy (non-hydrogen) atoms. The van der Waals surface area contributed by atoms with Crippen LogP contribution in [0.25, 0.3) is 0 Å². The molecule has 0 saturated carbocycles. The smallest absolute Gasteiger partial charge is 0.129 e. The van der Waals surface area contributed by atoms with Crippen molar-refractivity contribution >= 4 is 11.6 Å². The number of aromatic nitrogens is 2. The average molecular weight is 248 g/mol. The molecule has 0 bridgehead atoms. The van der Waals surface area contributed by atoms with Gasteiger partial charge in [0, 0.05) is 25.5 Å². The lowest BCUT2D eigenvalue weighted by molar-refractivity contribution is 0.315. The molecule has 0 radical (unpaired) electrons. The summed E-state index contributed by atoms with van der Waals surface area (Å²) < 4.78 is 0. The van der Waals surface area contributed by atoms with Crippen molar-refractivity contribution in [1.29, 1.82) is 0 Å². The molecule has 0 fully saturated rings. The van der Waals surface area contributed by atoms with Gasteiger partial charge in [-0.05, 0) is 36.9 Å². The third kappa shape index (κ3) is 3.80. The summed E-state index contributed by atoms with van der Waals surface area (Å²) in [6, 6.07) is 9.80. The zero-order valence-electron chi connectivity index (χ0n) is 9.68. The molecule has 4 heteroatoms. The van der Waals surface area contributed by atoms with Crippen molar-refractivity contribution in [3.05, 3.63) is 59.1 Å². The predicted molar refractivity (Wildman–Crippen MR) is 68.7 cm³/mol. The summed E-state index contributed by atoms with van der Waals surface area (Å²) >= 11 is 5.85. The summed E-state index contributed by atoms with van der Waals surface area (Å²) in [7, 11) is 2.06. The number of hydrogen-bond donors (Lipinski definition) is 0. The van der Waals surface area contributed by atoms with E-state index in [1.807, 2.05) is 36.5 Å². The lowest BCUT2D eigenvalue weighted by Gasteiger charge is -2.16. The summed E-state index contributed by atoms with van der Waals surface area (Å²) in [6.45, 7) is 1.65. The van der Waals surface area contributed by atoms with Crippen LogP contribution in [0, 0.1) is 0 Å². The van der Waals surface area contributed by atoms with Crippen molar-refractivity contribution in [2.24, 2.45) is 0 Å². The van der Waals surface area contributed by atoms with Gasteiger partial charge in [-0.2, -0.15) is 0 Å². The molecule has 2 heterocycles. The highest BCUT2D eigenvalue weighted by Gasteiger charge is 2.03. The lowest BCUT2D eigenvalue weighted by Crippen LogP contribution is -2.17. The number of halogens is 1. The van der Waals surface area contributed by atoms with E-state index in [1.54, 1.807) is 6.20 Å². The minimum atomic E-state index is 0.536. The maximum Gasteiger partial charge on any atom is 0.129 e. The fraction of sp³-hybridized carbons (Fsp3) is 0.231. The topological polar surface area (TPSA) is 29.0 Å². The molecule has 0 aliphatic rings. The summed E-state index contributed by atoms with van der Waals surface area (Å²) in [4.78, 5) is 10.5. The highest BCUT2D eigenvalue weighted by molar-refractivity contribution is 6.29. The standard InChI is InChI=1S/C13H14ClN3/c1-17(10-12-4-2-3-6-15-12)9-11-5-7-16-13(14)8-11/h2-8H,9-10H2,1H3. The quantitative estimate of drug-likeness (QED) is 0.778. The summed E-state index contributed by atoms with van der Waals surface area (Å²) in [5.41, 5.74) is 2.22. The van der Waals surface area contributed by atoms with Gasteiger partial charge in [-0.15, -0.1) is 0 Å². The molecule has 0 unspecified atom stereocenters. The summed E-state index contributed by atoms with van der Waals surface area (Å²) in [5.74, 6) is 0. The molecule has 2 rings (SSSR count). The Labute approximate surface area is 106 Å². The monoisotopic (exact) mass is 247 g/mol. The Morgan fingerprint density at radius 2 is 2.00 bits per heavy atom. The van der Waals surface area contributed by atoms with Crippen molar-refractivity contribution in [3.63, 3.8) is 0 Å². The normalized spacial score (nSPS) is 10.8. The van der Waals surface area contributed by atoms with E-state index in [2.05, 4.69) is 21.9 Å². The van der Waals surface area contributed by atoms with E-state index in [4.69, 9.17) is 11.6 Å². The van der Waals surface area contributed by atoms with Gasteiger partial charge in [-0.3, -0.25) is 9.88 Å². The zero-order valence-corrected chi connectivity index (χ0v) is 10.4. The highest BCUT2D eigenvalue weighted by Crippen LogP contribution is 2.10. The second-order valence-electron chi connectivity index (χ2n) is 3.98. The lowest BCUT2D eigenvalue weighted by atomic mass is 10.2. The van der Waals surface area contributed by atoms with Crippen molar-refractivity contribution in [2.75, 3.05) is 7.05 Å². The minimum absolute atomic E-state index is 0.536. The Bertz CT molecular complexity index is 473. The maximum atomic E-state index is 5.85. The van der Waals surface area contributed by atoms with Crippen molar-refractivity contribution < 1.29 is 0 Å². The van der Waals surface area contributed by atoms with Crippen LogP contribution in [-0.4, -0.2) is 21.9 Å². The van der Waals surface area contributed by atoms with E-state index >= 15 is 0 Å². The van der Waals surface area contributed by atoms with Crippen LogP contribution < -0.4 is 0 Å². The van der Waals surface area contributed by atoms with Gasteiger partial charge in [0.15, 0.2) is 0 Å². The van der Waals surface area contributed by atoms with Crippen LogP contribution in [0.15, 0.2) is 42.7 Å². The summed E-state index contributed by atoms with van der Waals surface area (Å²) in [6.07, 6.45) is 3.54. The Hall–Kier alpha value is -1.45. The molecule has 2 aromatic rings. The Kier molecular flexibility index (Phi) is 4.07. The van der Waals surface area contributed by atoms with Crippen molar-refractivity contribution in [3.8, 4) is 0 Å². The van der Waals surface area contributed by atoms with E-state index in [0.717, 1.165) is 24.3 Å². The van der Waals surface area contributed by atoms with Gasteiger partial charge in [-0.25, -0.2) is 4.98 Å². The first-order valence-electron chi connectivity index (χ1n) is 5.43. The van der Waals surface area contributed by atoms with E-state index < -0.39 is 0 Å². The third-order valence-corrected chi connectivity index (χ3v) is 2.61. The molecular formula is C13H14ClN3. The number of nitrogens with zero attached hydrogens (tertiary/aromatic N) is 3. The Morgan fingerprint density at radius 3 is 2.71 bits per heavy atom. The van der Waals surface area contributed by atoms with Crippen LogP contribution in [-0.2, 0) is 13.1 Å². The van der Waals surface area contributed by atoms with Crippen LogP contribution in [0.1, 0.15) is 11.3 Å². The second kappa shape index (κ2) is 5.75.